The molecule has 0 saturated carbocycles. The molecule has 1 aliphatic rings. The molecule has 1 heterocycles. The minimum absolute atomic E-state index is 0.644. The van der Waals surface area contributed by atoms with E-state index >= 15 is 0 Å². The number of halogens is 1. The van der Waals surface area contributed by atoms with E-state index in [1.54, 1.807) is 0 Å². The van der Waals surface area contributed by atoms with Gasteiger partial charge in [-0.3, -0.25) is 0 Å². The average molecular weight is 211 g/mol. The SMILES string of the molecule is CNC1CN(c2ccc(Cl)cc2C)C1. The van der Waals surface area contributed by atoms with Crippen LogP contribution in [0.3, 0.4) is 0 Å². The zero-order valence-corrected chi connectivity index (χ0v) is 9.30. The van der Waals surface area contributed by atoms with Crippen LogP contribution in [0.15, 0.2) is 18.2 Å². The first-order chi connectivity index (χ1) is 6.70. The first-order valence-corrected chi connectivity index (χ1v) is 5.27. The molecule has 14 heavy (non-hydrogen) atoms. The van der Waals surface area contributed by atoms with Crippen molar-refractivity contribution in [3.05, 3.63) is 28.8 Å². The smallest absolute Gasteiger partial charge is 0.0418 e. The van der Waals surface area contributed by atoms with Gasteiger partial charge in [-0.1, -0.05) is 11.6 Å². The van der Waals surface area contributed by atoms with Gasteiger partial charge in [-0.05, 0) is 37.7 Å². The molecule has 0 radical (unpaired) electrons. The van der Waals surface area contributed by atoms with E-state index < -0.39 is 0 Å². The zero-order chi connectivity index (χ0) is 10.1. The zero-order valence-electron chi connectivity index (χ0n) is 8.55. The maximum Gasteiger partial charge on any atom is 0.0418 e. The van der Waals surface area contributed by atoms with Crippen LogP contribution in [0.1, 0.15) is 5.56 Å². The Kier molecular flexibility index (Phi) is 2.66. The lowest BCUT2D eigenvalue weighted by molar-refractivity contribution is 0.450. The van der Waals surface area contributed by atoms with Crippen LogP contribution in [0.2, 0.25) is 5.02 Å². The van der Waals surface area contributed by atoms with Gasteiger partial charge in [-0.15, -0.1) is 0 Å². The third-order valence-electron chi connectivity index (χ3n) is 2.79. The van der Waals surface area contributed by atoms with Crippen LogP contribution in [0.25, 0.3) is 0 Å². The summed E-state index contributed by atoms with van der Waals surface area (Å²) in [6.07, 6.45) is 0. The number of rotatable bonds is 2. The molecule has 76 valence electrons. The summed E-state index contributed by atoms with van der Waals surface area (Å²) in [5.41, 5.74) is 2.56. The summed E-state index contributed by atoms with van der Waals surface area (Å²) in [6, 6.07) is 6.72. The fourth-order valence-corrected chi connectivity index (χ4v) is 2.06. The Balaban J connectivity index is 2.11. The molecule has 1 aliphatic heterocycles. The van der Waals surface area contributed by atoms with Crippen molar-refractivity contribution in [3.63, 3.8) is 0 Å². The molecule has 0 atom stereocenters. The van der Waals surface area contributed by atoms with E-state index in [2.05, 4.69) is 23.2 Å². The predicted octanol–water partition coefficient (Wildman–Crippen LogP) is 2.06. The number of hydrogen-bond acceptors (Lipinski definition) is 2. The van der Waals surface area contributed by atoms with Crippen molar-refractivity contribution in [2.75, 3.05) is 25.0 Å². The van der Waals surface area contributed by atoms with Crippen LogP contribution in [-0.4, -0.2) is 26.2 Å². The van der Waals surface area contributed by atoms with E-state index in [0.29, 0.717) is 6.04 Å². The first-order valence-electron chi connectivity index (χ1n) is 4.89. The standard InChI is InChI=1S/C11H15ClN2/c1-8-5-9(12)3-4-11(8)14-6-10(7-14)13-2/h3-5,10,13H,6-7H2,1-2H3. The van der Waals surface area contributed by atoms with Gasteiger partial charge in [0.25, 0.3) is 0 Å². The monoisotopic (exact) mass is 210 g/mol. The largest absolute Gasteiger partial charge is 0.368 e. The predicted molar refractivity (Wildman–Crippen MR) is 61.2 cm³/mol. The lowest BCUT2D eigenvalue weighted by atomic mass is 10.1. The van der Waals surface area contributed by atoms with E-state index in [0.717, 1.165) is 18.1 Å². The second-order valence-electron chi connectivity index (χ2n) is 3.82. The van der Waals surface area contributed by atoms with Crippen LogP contribution in [0.4, 0.5) is 5.69 Å². The second-order valence-corrected chi connectivity index (χ2v) is 4.26. The summed E-state index contributed by atoms with van der Waals surface area (Å²) in [7, 11) is 2.01. The van der Waals surface area contributed by atoms with Crippen molar-refractivity contribution in [2.24, 2.45) is 0 Å². The van der Waals surface area contributed by atoms with Crippen molar-refractivity contribution < 1.29 is 0 Å². The normalized spacial score (nSPS) is 16.9. The Morgan fingerprint density at radius 3 is 2.71 bits per heavy atom. The van der Waals surface area contributed by atoms with Crippen LogP contribution in [-0.2, 0) is 0 Å². The highest BCUT2D eigenvalue weighted by Gasteiger charge is 2.25. The number of aryl methyl sites for hydroxylation is 1. The summed E-state index contributed by atoms with van der Waals surface area (Å²) in [5, 5.41) is 4.08. The highest BCUT2D eigenvalue weighted by atomic mass is 35.5. The molecule has 1 aromatic carbocycles. The molecule has 3 heteroatoms. The minimum Gasteiger partial charge on any atom is -0.368 e. The molecule has 0 spiro atoms. The van der Waals surface area contributed by atoms with E-state index in [1.807, 2.05) is 19.2 Å². The maximum absolute atomic E-state index is 5.91. The molecule has 1 aromatic rings. The lowest BCUT2D eigenvalue weighted by Gasteiger charge is -2.41. The van der Waals surface area contributed by atoms with Crippen LogP contribution in [0, 0.1) is 6.92 Å². The van der Waals surface area contributed by atoms with Gasteiger partial charge >= 0.3 is 0 Å². The lowest BCUT2D eigenvalue weighted by Crippen LogP contribution is -2.57. The number of anilines is 1. The number of likely N-dealkylation sites (N-methyl/N-ethyl adjacent to an activating group) is 1. The number of hydrogen-bond donors (Lipinski definition) is 1. The summed E-state index contributed by atoms with van der Waals surface area (Å²) >= 11 is 5.91. The quantitative estimate of drug-likeness (QED) is 0.804. The molecule has 0 amide bonds. The number of benzene rings is 1. The van der Waals surface area contributed by atoms with Crippen LogP contribution >= 0.6 is 11.6 Å². The molecule has 0 unspecified atom stereocenters. The summed E-state index contributed by atoms with van der Waals surface area (Å²) in [4.78, 5) is 2.37. The fraction of sp³-hybridized carbons (Fsp3) is 0.455. The Morgan fingerprint density at radius 2 is 2.14 bits per heavy atom. The fourth-order valence-electron chi connectivity index (χ4n) is 1.83. The van der Waals surface area contributed by atoms with Gasteiger partial charge in [0.05, 0.1) is 0 Å². The van der Waals surface area contributed by atoms with Crippen molar-refractivity contribution >= 4 is 17.3 Å². The van der Waals surface area contributed by atoms with Crippen LogP contribution < -0.4 is 10.2 Å². The van der Waals surface area contributed by atoms with Crippen molar-refractivity contribution in [1.82, 2.24) is 5.32 Å². The molecule has 1 N–H and O–H groups in total. The average Bonchev–Trinajstić information content (AvgIpc) is 2.06. The summed E-state index contributed by atoms with van der Waals surface area (Å²) < 4.78 is 0. The van der Waals surface area contributed by atoms with Gasteiger partial charge in [0.15, 0.2) is 0 Å². The minimum atomic E-state index is 0.644. The molecule has 2 nitrogen and oxygen atoms in total. The number of nitrogens with zero attached hydrogens (tertiary/aromatic N) is 1. The van der Waals surface area contributed by atoms with E-state index in [4.69, 9.17) is 11.6 Å². The van der Waals surface area contributed by atoms with Gasteiger partial charge in [0.2, 0.25) is 0 Å². The molecule has 1 saturated heterocycles. The third kappa shape index (κ3) is 1.72. The van der Waals surface area contributed by atoms with Crippen LogP contribution in [0.5, 0.6) is 0 Å². The van der Waals surface area contributed by atoms with Gasteiger partial charge in [0.1, 0.15) is 0 Å². The summed E-state index contributed by atoms with van der Waals surface area (Å²) in [5.74, 6) is 0. The molecule has 1 fully saturated rings. The molecule has 0 aromatic heterocycles. The van der Waals surface area contributed by atoms with E-state index in [-0.39, 0.29) is 0 Å². The van der Waals surface area contributed by atoms with E-state index in [1.165, 1.54) is 11.3 Å². The van der Waals surface area contributed by atoms with Gasteiger partial charge < -0.3 is 10.2 Å². The van der Waals surface area contributed by atoms with Gasteiger partial charge in [0, 0.05) is 29.8 Å². The Hall–Kier alpha value is -0.730. The van der Waals surface area contributed by atoms with Crippen molar-refractivity contribution in [1.29, 1.82) is 0 Å². The molecular formula is C11H15ClN2. The maximum atomic E-state index is 5.91. The molecule has 2 rings (SSSR count). The van der Waals surface area contributed by atoms with Crippen molar-refractivity contribution in [2.45, 2.75) is 13.0 Å². The Bertz CT molecular complexity index is 332. The molecule has 0 aliphatic carbocycles. The Labute approximate surface area is 89.9 Å². The Morgan fingerprint density at radius 1 is 1.43 bits per heavy atom. The first kappa shape index (κ1) is 9.81. The highest BCUT2D eigenvalue weighted by Crippen LogP contribution is 2.26. The topological polar surface area (TPSA) is 15.3 Å². The van der Waals surface area contributed by atoms with Gasteiger partial charge in [-0.2, -0.15) is 0 Å². The molecule has 0 bridgehead atoms. The summed E-state index contributed by atoms with van der Waals surface area (Å²) in [6.45, 7) is 4.30. The highest BCUT2D eigenvalue weighted by molar-refractivity contribution is 6.30. The second kappa shape index (κ2) is 3.79. The molecular weight excluding hydrogens is 196 g/mol. The third-order valence-corrected chi connectivity index (χ3v) is 3.02. The van der Waals surface area contributed by atoms with E-state index in [9.17, 15) is 0 Å². The number of nitrogens with one attached hydrogen (secondary N) is 1. The van der Waals surface area contributed by atoms with Gasteiger partial charge in [-0.25, -0.2) is 0 Å². The van der Waals surface area contributed by atoms with Crippen molar-refractivity contribution in [3.8, 4) is 0 Å².